The molecular formula is C17H28N2O2. The quantitative estimate of drug-likeness (QED) is 0.833. The van der Waals surface area contributed by atoms with E-state index in [0.717, 1.165) is 44.9 Å². The molecule has 21 heavy (non-hydrogen) atoms. The molecule has 0 radical (unpaired) electrons. The van der Waals surface area contributed by atoms with Crippen molar-refractivity contribution < 1.29 is 9.84 Å². The summed E-state index contributed by atoms with van der Waals surface area (Å²) in [5, 5.41) is 9.34. The number of methoxy groups -OCH3 is 1. The smallest absolute Gasteiger partial charge is 0.119 e. The second kappa shape index (κ2) is 8.37. The zero-order valence-corrected chi connectivity index (χ0v) is 13.3. The second-order valence-corrected chi connectivity index (χ2v) is 5.79. The van der Waals surface area contributed by atoms with E-state index >= 15 is 0 Å². The van der Waals surface area contributed by atoms with Gasteiger partial charge in [0.15, 0.2) is 0 Å². The number of benzene rings is 1. The molecule has 1 N–H and O–H groups in total. The summed E-state index contributed by atoms with van der Waals surface area (Å²) < 4.78 is 5.30. The Morgan fingerprint density at radius 1 is 1.33 bits per heavy atom. The van der Waals surface area contributed by atoms with Crippen molar-refractivity contribution in [2.45, 2.75) is 32.4 Å². The fraction of sp³-hybridized carbons (Fsp3) is 0.647. The van der Waals surface area contributed by atoms with Crippen LogP contribution in [-0.4, -0.2) is 60.8 Å². The van der Waals surface area contributed by atoms with Gasteiger partial charge in [0.25, 0.3) is 0 Å². The van der Waals surface area contributed by atoms with Crippen LogP contribution in [0.4, 0.5) is 0 Å². The van der Waals surface area contributed by atoms with Gasteiger partial charge in [-0.15, -0.1) is 0 Å². The van der Waals surface area contributed by atoms with E-state index in [9.17, 15) is 5.11 Å². The lowest BCUT2D eigenvalue weighted by molar-refractivity contribution is 0.0538. The first-order valence-corrected chi connectivity index (χ1v) is 7.97. The summed E-state index contributed by atoms with van der Waals surface area (Å²) in [7, 11) is 1.71. The van der Waals surface area contributed by atoms with Crippen LogP contribution in [0.25, 0.3) is 0 Å². The fourth-order valence-corrected chi connectivity index (χ4v) is 3.11. The number of aliphatic hydroxyl groups excluding tert-OH is 1. The maximum absolute atomic E-state index is 9.34. The topological polar surface area (TPSA) is 35.9 Å². The molecule has 1 atom stereocenters. The molecule has 0 aromatic heterocycles. The van der Waals surface area contributed by atoms with Crippen LogP contribution in [0, 0.1) is 0 Å². The van der Waals surface area contributed by atoms with Gasteiger partial charge in [0.05, 0.1) is 7.11 Å². The van der Waals surface area contributed by atoms with Crippen molar-refractivity contribution in [3.05, 3.63) is 29.8 Å². The Morgan fingerprint density at radius 3 is 2.90 bits per heavy atom. The first kappa shape index (κ1) is 16.3. The molecule has 0 bridgehead atoms. The lowest BCUT2D eigenvalue weighted by Crippen LogP contribution is -2.53. The highest BCUT2D eigenvalue weighted by Gasteiger charge is 2.26. The van der Waals surface area contributed by atoms with E-state index in [4.69, 9.17) is 4.74 Å². The third-order valence-electron chi connectivity index (χ3n) is 4.21. The second-order valence-electron chi connectivity index (χ2n) is 5.79. The van der Waals surface area contributed by atoms with Crippen LogP contribution in [0.2, 0.25) is 0 Å². The summed E-state index contributed by atoms with van der Waals surface area (Å²) in [6.45, 7) is 7.85. The molecule has 1 aromatic rings. The molecular weight excluding hydrogens is 264 g/mol. The van der Waals surface area contributed by atoms with Crippen molar-refractivity contribution >= 4 is 0 Å². The van der Waals surface area contributed by atoms with Crippen LogP contribution in [-0.2, 0) is 6.54 Å². The Morgan fingerprint density at radius 2 is 2.19 bits per heavy atom. The van der Waals surface area contributed by atoms with Crippen molar-refractivity contribution in [3.63, 3.8) is 0 Å². The number of ether oxygens (including phenoxy) is 1. The van der Waals surface area contributed by atoms with Crippen LogP contribution < -0.4 is 4.74 Å². The van der Waals surface area contributed by atoms with Crippen molar-refractivity contribution in [3.8, 4) is 5.75 Å². The summed E-state index contributed by atoms with van der Waals surface area (Å²) in [5.74, 6) is 0.913. The SMILES string of the molecule is CCCN1CCN(Cc2cccc(OC)c2)[C@@H](CCO)C1. The summed E-state index contributed by atoms with van der Waals surface area (Å²) in [4.78, 5) is 5.01. The van der Waals surface area contributed by atoms with Crippen LogP contribution in [0.15, 0.2) is 24.3 Å². The molecule has 118 valence electrons. The van der Waals surface area contributed by atoms with E-state index < -0.39 is 0 Å². The zero-order valence-electron chi connectivity index (χ0n) is 13.3. The van der Waals surface area contributed by atoms with Gasteiger partial charge in [-0.1, -0.05) is 19.1 Å². The van der Waals surface area contributed by atoms with Crippen LogP contribution in [0.5, 0.6) is 5.75 Å². The molecule has 1 aliphatic rings. The number of hydrogen-bond acceptors (Lipinski definition) is 4. The molecule has 0 unspecified atom stereocenters. The van der Waals surface area contributed by atoms with Crippen molar-refractivity contribution in [1.29, 1.82) is 0 Å². The minimum Gasteiger partial charge on any atom is -0.497 e. The van der Waals surface area contributed by atoms with E-state index in [1.807, 2.05) is 12.1 Å². The number of rotatable bonds is 7. The maximum Gasteiger partial charge on any atom is 0.119 e. The van der Waals surface area contributed by atoms with Crippen molar-refractivity contribution in [1.82, 2.24) is 9.80 Å². The normalized spacial score (nSPS) is 20.6. The molecule has 1 aromatic carbocycles. The highest BCUT2D eigenvalue weighted by molar-refractivity contribution is 5.28. The number of nitrogens with zero attached hydrogens (tertiary/aromatic N) is 2. The first-order chi connectivity index (χ1) is 10.3. The van der Waals surface area contributed by atoms with Gasteiger partial charge in [0.2, 0.25) is 0 Å². The summed E-state index contributed by atoms with van der Waals surface area (Å²) >= 11 is 0. The Labute approximate surface area is 128 Å². The van der Waals surface area contributed by atoms with Crippen LogP contribution in [0.3, 0.4) is 0 Å². The zero-order chi connectivity index (χ0) is 15.1. The van der Waals surface area contributed by atoms with Crippen molar-refractivity contribution in [2.75, 3.05) is 39.9 Å². The number of hydrogen-bond donors (Lipinski definition) is 1. The Bertz CT molecular complexity index is 425. The molecule has 0 saturated carbocycles. The van der Waals surface area contributed by atoms with Gasteiger partial charge < -0.3 is 14.7 Å². The summed E-state index contributed by atoms with van der Waals surface area (Å²) in [6, 6.07) is 8.73. The summed E-state index contributed by atoms with van der Waals surface area (Å²) in [6.07, 6.45) is 2.05. The van der Waals surface area contributed by atoms with Gasteiger partial charge in [-0.25, -0.2) is 0 Å². The minimum absolute atomic E-state index is 0.263. The molecule has 4 nitrogen and oxygen atoms in total. The van der Waals surface area contributed by atoms with Gasteiger partial charge in [0, 0.05) is 38.8 Å². The van der Waals surface area contributed by atoms with E-state index in [2.05, 4.69) is 28.9 Å². The third kappa shape index (κ3) is 4.70. The fourth-order valence-electron chi connectivity index (χ4n) is 3.11. The van der Waals surface area contributed by atoms with Gasteiger partial charge in [-0.2, -0.15) is 0 Å². The first-order valence-electron chi connectivity index (χ1n) is 7.97. The van der Waals surface area contributed by atoms with E-state index in [-0.39, 0.29) is 6.61 Å². The van der Waals surface area contributed by atoms with Crippen LogP contribution in [0.1, 0.15) is 25.3 Å². The van der Waals surface area contributed by atoms with E-state index in [1.54, 1.807) is 7.11 Å². The Kier molecular flexibility index (Phi) is 6.49. The Balaban J connectivity index is 1.99. The average Bonchev–Trinajstić information content (AvgIpc) is 2.51. The number of aliphatic hydroxyl groups is 1. The van der Waals surface area contributed by atoms with E-state index in [1.165, 1.54) is 12.0 Å². The Hall–Kier alpha value is -1.10. The molecule has 0 aliphatic carbocycles. The standard InChI is InChI=1S/C17H28N2O2/c1-3-8-18-9-10-19(16(14-18)7-11-20)13-15-5-4-6-17(12-15)21-2/h4-6,12,16,20H,3,7-11,13-14H2,1-2H3/t16-/m0/s1. The molecule has 1 heterocycles. The van der Waals surface area contributed by atoms with Gasteiger partial charge in [-0.05, 0) is 37.1 Å². The highest BCUT2D eigenvalue weighted by Crippen LogP contribution is 2.19. The predicted molar refractivity (Wildman–Crippen MR) is 85.6 cm³/mol. The lowest BCUT2D eigenvalue weighted by atomic mass is 10.1. The molecule has 0 spiro atoms. The molecule has 2 rings (SSSR count). The molecule has 4 heteroatoms. The third-order valence-corrected chi connectivity index (χ3v) is 4.21. The highest BCUT2D eigenvalue weighted by atomic mass is 16.5. The summed E-state index contributed by atoms with van der Waals surface area (Å²) in [5.41, 5.74) is 1.28. The van der Waals surface area contributed by atoms with E-state index in [0.29, 0.717) is 6.04 Å². The van der Waals surface area contributed by atoms with Gasteiger partial charge >= 0.3 is 0 Å². The van der Waals surface area contributed by atoms with Gasteiger partial charge in [-0.3, -0.25) is 4.90 Å². The predicted octanol–water partition coefficient (Wildman–Crippen LogP) is 1.97. The molecule has 1 aliphatic heterocycles. The monoisotopic (exact) mass is 292 g/mol. The molecule has 1 saturated heterocycles. The van der Waals surface area contributed by atoms with Gasteiger partial charge in [0.1, 0.15) is 5.75 Å². The molecule has 0 amide bonds. The minimum atomic E-state index is 0.263. The number of piperazine rings is 1. The largest absolute Gasteiger partial charge is 0.497 e. The molecule has 1 fully saturated rings. The lowest BCUT2D eigenvalue weighted by Gasteiger charge is -2.41. The average molecular weight is 292 g/mol. The maximum atomic E-state index is 9.34. The van der Waals surface area contributed by atoms with Crippen LogP contribution >= 0.6 is 0 Å². The van der Waals surface area contributed by atoms with Crippen molar-refractivity contribution in [2.24, 2.45) is 0 Å².